The lowest BCUT2D eigenvalue weighted by atomic mass is 9.90. The lowest BCUT2D eigenvalue weighted by Gasteiger charge is -2.45. The monoisotopic (exact) mass is 344 g/mol. The van der Waals surface area contributed by atoms with Crippen LogP contribution in [0, 0.1) is 11.8 Å². The number of hydrogen-bond donors (Lipinski definition) is 4. The molecule has 0 aromatic rings. The first kappa shape index (κ1) is 19.6. The molecule has 2 aliphatic rings. The zero-order valence-electron chi connectivity index (χ0n) is 14.7. The Bertz CT molecular complexity index is 412. The number of β-amino-alcohol motifs (C(OH)–C–C–N with tert-alkyl or cyclic N) is 1. The highest BCUT2D eigenvalue weighted by Gasteiger charge is 2.41. The average Bonchev–Trinajstić information content (AvgIpc) is 2.53. The van der Waals surface area contributed by atoms with Crippen LogP contribution >= 0.6 is 0 Å². The van der Waals surface area contributed by atoms with Crippen LogP contribution in [0.1, 0.15) is 33.1 Å². The van der Waals surface area contributed by atoms with E-state index in [-0.39, 0.29) is 19.1 Å². The molecule has 2 heterocycles. The molecule has 1 amide bonds. The van der Waals surface area contributed by atoms with E-state index in [1.165, 1.54) is 0 Å². The summed E-state index contributed by atoms with van der Waals surface area (Å²) < 4.78 is 0. The number of carbonyl (C=O) groups excluding carboxylic acids is 1. The van der Waals surface area contributed by atoms with Crippen LogP contribution in [0.3, 0.4) is 0 Å². The third-order valence-corrected chi connectivity index (χ3v) is 5.26. The number of rotatable bonds is 5. The van der Waals surface area contributed by atoms with E-state index >= 15 is 0 Å². The fourth-order valence-electron chi connectivity index (χ4n) is 3.76. The molecule has 0 aromatic carbocycles. The minimum Gasteiger partial charge on any atom is -0.395 e. The topological polar surface area (TPSA) is 104 Å². The number of nitrogens with zero attached hydrogens (tertiary/aromatic N) is 2. The first-order chi connectivity index (χ1) is 11.3. The smallest absolute Gasteiger partial charge is 0.222 e. The molecule has 7 heteroatoms. The van der Waals surface area contributed by atoms with E-state index in [9.17, 15) is 25.2 Å². The number of amides is 1. The van der Waals surface area contributed by atoms with E-state index < -0.39 is 24.4 Å². The highest BCUT2D eigenvalue weighted by atomic mass is 16.4. The summed E-state index contributed by atoms with van der Waals surface area (Å²) in [7, 11) is 0. The van der Waals surface area contributed by atoms with Gasteiger partial charge in [-0.2, -0.15) is 0 Å². The van der Waals surface area contributed by atoms with Gasteiger partial charge in [-0.3, -0.25) is 9.69 Å². The van der Waals surface area contributed by atoms with Gasteiger partial charge < -0.3 is 25.3 Å². The summed E-state index contributed by atoms with van der Waals surface area (Å²) in [6, 6.07) is -0.552. The standard InChI is InChI=1S/C17H32N2O5/c1-11(2)7-15(22)18-5-3-12(4-6-18)8-19-9-14(21)17(24)16(23)13(19)10-20/h11-14,16-17,20-21,23-24H,3-10H2,1-2H3/t13-,14-,16+,17+/m0/s1. The molecule has 0 saturated carbocycles. The van der Waals surface area contributed by atoms with Crippen LogP contribution < -0.4 is 0 Å². The Morgan fingerprint density at radius 1 is 1.12 bits per heavy atom. The summed E-state index contributed by atoms with van der Waals surface area (Å²) >= 11 is 0. The Kier molecular flexibility index (Phi) is 7.00. The molecule has 7 nitrogen and oxygen atoms in total. The van der Waals surface area contributed by atoms with Crippen molar-refractivity contribution in [2.75, 3.05) is 32.8 Å². The molecule has 140 valence electrons. The molecular formula is C17H32N2O5. The van der Waals surface area contributed by atoms with Crippen molar-refractivity contribution in [3.05, 3.63) is 0 Å². The maximum atomic E-state index is 12.1. The molecule has 24 heavy (non-hydrogen) atoms. The van der Waals surface area contributed by atoms with Crippen LogP contribution in [0.4, 0.5) is 0 Å². The number of aliphatic hydroxyl groups is 4. The molecule has 2 fully saturated rings. The lowest BCUT2D eigenvalue weighted by Crippen LogP contribution is -2.63. The zero-order chi connectivity index (χ0) is 17.9. The van der Waals surface area contributed by atoms with Crippen molar-refractivity contribution in [1.82, 2.24) is 9.80 Å². The van der Waals surface area contributed by atoms with Gasteiger partial charge in [0.25, 0.3) is 0 Å². The minimum absolute atomic E-state index is 0.212. The fraction of sp³-hybridized carbons (Fsp3) is 0.941. The molecule has 0 bridgehead atoms. The first-order valence-electron chi connectivity index (χ1n) is 9.00. The van der Waals surface area contributed by atoms with E-state index in [0.717, 1.165) is 25.9 Å². The molecule has 0 unspecified atom stereocenters. The summed E-state index contributed by atoms with van der Waals surface area (Å²) in [6.45, 7) is 6.20. The molecule has 0 aliphatic carbocycles. The number of aliphatic hydroxyl groups excluding tert-OH is 4. The number of carbonyl (C=O) groups is 1. The van der Waals surface area contributed by atoms with Gasteiger partial charge in [-0.1, -0.05) is 13.8 Å². The molecule has 0 aromatic heterocycles. The van der Waals surface area contributed by atoms with Crippen molar-refractivity contribution in [2.45, 2.75) is 57.5 Å². The second kappa shape index (κ2) is 8.58. The van der Waals surface area contributed by atoms with Crippen LogP contribution in [-0.2, 0) is 4.79 Å². The summed E-state index contributed by atoms with van der Waals surface area (Å²) in [5.74, 6) is 0.934. The highest BCUT2D eigenvalue weighted by Crippen LogP contribution is 2.25. The van der Waals surface area contributed by atoms with Crippen LogP contribution in [0.15, 0.2) is 0 Å². The third-order valence-electron chi connectivity index (χ3n) is 5.26. The van der Waals surface area contributed by atoms with Crippen LogP contribution in [0.25, 0.3) is 0 Å². The summed E-state index contributed by atoms with van der Waals surface area (Å²) in [6.07, 6.45) is -1.02. The van der Waals surface area contributed by atoms with E-state index in [2.05, 4.69) is 0 Å². The van der Waals surface area contributed by atoms with Gasteiger partial charge >= 0.3 is 0 Å². The summed E-state index contributed by atoms with van der Waals surface area (Å²) in [4.78, 5) is 15.9. The first-order valence-corrected chi connectivity index (χ1v) is 9.00. The Labute approximate surface area is 143 Å². The largest absolute Gasteiger partial charge is 0.395 e. The Morgan fingerprint density at radius 2 is 1.75 bits per heavy atom. The quantitative estimate of drug-likeness (QED) is 0.512. The van der Waals surface area contributed by atoms with Gasteiger partial charge in [0.2, 0.25) is 5.91 Å². The lowest BCUT2D eigenvalue weighted by molar-refractivity contribution is -0.148. The Hall–Kier alpha value is -0.730. The molecule has 4 N–H and O–H groups in total. The van der Waals surface area contributed by atoms with Crippen molar-refractivity contribution in [1.29, 1.82) is 0 Å². The van der Waals surface area contributed by atoms with Crippen LogP contribution in [-0.4, -0.2) is 93.3 Å². The van der Waals surface area contributed by atoms with Crippen molar-refractivity contribution in [3.8, 4) is 0 Å². The summed E-state index contributed by atoms with van der Waals surface area (Å²) in [5, 5.41) is 39.2. The van der Waals surface area contributed by atoms with Crippen molar-refractivity contribution in [2.24, 2.45) is 11.8 Å². The van der Waals surface area contributed by atoms with Gasteiger partial charge in [0.15, 0.2) is 0 Å². The SMILES string of the molecule is CC(C)CC(=O)N1CCC(CN2C[C@H](O)[C@@H](O)[C@H](O)[C@@H]2CO)CC1. The van der Waals surface area contributed by atoms with Gasteiger partial charge in [-0.15, -0.1) is 0 Å². The highest BCUT2D eigenvalue weighted by molar-refractivity contribution is 5.76. The molecule has 0 radical (unpaired) electrons. The maximum Gasteiger partial charge on any atom is 0.222 e. The van der Waals surface area contributed by atoms with E-state index in [1.807, 2.05) is 23.6 Å². The predicted molar refractivity (Wildman–Crippen MR) is 89.2 cm³/mol. The van der Waals surface area contributed by atoms with E-state index in [4.69, 9.17) is 0 Å². The van der Waals surface area contributed by atoms with Crippen molar-refractivity contribution < 1.29 is 25.2 Å². The number of hydrogen-bond acceptors (Lipinski definition) is 6. The Morgan fingerprint density at radius 3 is 2.29 bits per heavy atom. The molecule has 2 rings (SSSR count). The fourth-order valence-corrected chi connectivity index (χ4v) is 3.76. The van der Waals surface area contributed by atoms with E-state index in [0.29, 0.717) is 24.8 Å². The number of likely N-dealkylation sites (tertiary alicyclic amines) is 2. The van der Waals surface area contributed by atoms with Gasteiger partial charge in [0.05, 0.1) is 18.8 Å². The minimum atomic E-state index is -1.21. The maximum absolute atomic E-state index is 12.1. The number of piperidine rings is 2. The normalized spacial score (nSPS) is 33.2. The zero-order valence-corrected chi connectivity index (χ0v) is 14.7. The van der Waals surface area contributed by atoms with Crippen LogP contribution in [0.2, 0.25) is 0 Å². The predicted octanol–water partition coefficient (Wildman–Crippen LogP) is -0.970. The Balaban J connectivity index is 1.85. The molecular weight excluding hydrogens is 312 g/mol. The molecule has 0 spiro atoms. The van der Waals surface area contributed by atoms with Crippen molar-refractivity contribution in [3.63, 3.8) is 0 Å². The molecule has 2 saturated heterocycles. The van der Waals surface area contributed by atoms with E-state index in [1.54, 1.807) is 0 Å². The van der Waals surface area contributed by atoms with Crippen molar-refractivity contribution >= 4 is 5.91 Å². The molecule has 2 aliphatic heterocycles. The third kappa shape index (κ3) is 4.67. The second-order valence-corrected chi connectivity index (χ2v) is 7.67. The van der Waals surface area contributed by atoms with Gasteiger partial charge in [-0.25, -0.2) is 0 Å². The molecule has 4 atom stereocenters. The summed E-state index contributed by atoms with van der Waals surface area (Å²) in [5.41, 5.74) is 0. The van der Waals surface area contributed by atoms with Crippen LogP contribution in [0.5, 0.6) is 0 Å². The second-order valence-electron chi connectivity index (χ2n) is 7.67. The average molecular weight is 344 g/mol. The van der Waals surface area contributed by atoms with Gasteiger partial charge in [-0.05, 0) is 24.7 Å². The van der Waals surface area contributed by atoms with Gasteiger partial charge in [0, 0.05) is 32.6 Å². The van der Waals surface area contributed by atoms with Gasteiger partial charge in [0.1, 0.15) is 12.2 Å².